The number of fused-ring (bicyclic) bond motifs is 1. The smallest absolute Gasteiger partial charge is 0.327 e. The highest BCUT2D eigenvalue weighted by atomic mass is 16.6. The Morgan fingerprint density at radius 1 is 1.57 bits per heavy atom. The molecule has 0 spiro atoms. The third-order valence-corrected chi connectivity index (χ3v) is 6.06. The third kappa shape index (κ3) is 1.56. The van der Waals surface area contributed by atoms with Crippen molar-refractivity contribution in [1.29, 1.82) is 5.26 Å². The number of esters is 2. The number of carbonyl (C=O) groups is 2. The Hall–Kier alpha value is -1.57. The van der Waals surface area contributed by atoms with Gasteiger partial charge in [-0.25, -0.2) is 0 Å². The van der Waals surface area contributed by atoms with Gasteiger partial charge in [-0.15, -0.1) is 0 Å². The van der Waals surface area contributed by atoms with Crippen LogP contribution in [0.4, 0.5) is 0 Å². The van der Waals surface area contributed by atoms with Gasteiger partial charge in [0, 0.05) is 11.8 Å². The molecule has 2 aliphatic carbocycles. The van der Waals surface area contributed by atoms with Crippen LogP contribution >= 0.6 is 0 Å². The molecule has 3 fully saturated rings. The minimum atomic E-state index is -1.02. The van der Waals surface area contributed by atoms with E-state index in [0.717, 1.165) is 6.42 Å². The van der Waals surface area contributed by atoms with Crippen LogP contribution in [-0.4, -0.2) is 24.1 Å². The number of hydrogen-bond acceptors (Lipinski definition) is 5. The molecule has 0 aromatic heterocycles. The van der Waals surface area contributed by atoms with Crippen LogP contribution in [0.1, 0.15) is 40.5 Å². The minimum absolute atomic E-state index is 0.0442. The van der Waals surface area contributed by atoms with Gasteiger partial charge in [0.25, 0.3) is 0 Å². The first-order valence-electron chi connectivity index (χ1n) is 7.63. The lowest BCUT2D eigenvalue weighted by atomic mass is 9.68. The molecular formula is C16H21NO4. The molecular weight excluding hydrogens is 270 g/mol. The Kier molecular flexibility index (Phi) is 2.89. The summed E-state index contributed by atoms with van der Waals surface area (Å²) in [5, 5.41) is 9.48. The molecule has 0 amide bonds. The molecule has 0 radical (unpaired) electrons. The Morgan fingerprint density at radius 3 is 2.81 bits per heavy atom. The zero-order valence-corrected chi connectivity index (χ0v) is 12.9. The lowest BCUT2D eigenvalue weighted by Crippen LogP contribution is -2.46. The second-order valence-electron chi connectivity index (χ2n) is 7.25. The van der Waals surface area contributed by atoms with Crippen LogP contribution < -0.4 is 0 Å². The number of nitriles is 1. The SMILES string of the molecule is CCC(C)(C)C(=O)OC1C2CC3C1OC(=O)C3(C#N)C2C. The van der Waals surface area contributed by atoms with Crippen LogP contribution in [0.3, 0.4) is 0 Å². The normalized spacial score (nSPS) is 43.6. The maximum absolute atomic E-state index is 12.3. The van der Waals surface area contributed by atoms with Crippen molar-refractivity contribution in [3.8, 4) is 6.07 Å². The fourth-order valence-electron chi connectivity index (χ4n) is 4.16. The Labute approximate surface area is 124 Å². The molecule has 2 bridgehead atoms. The molecule has 2 saturated carbocycles. The third-order valence-electron chi connectivity index (χ3n) is 6.06. The highest BCUT2D eigenvalue weighted by Gasteiger charge is 2.75. The summed E-state index contributed by atoms with van der Waals surface area (Å²) in [6, 6.07) is 2.20. The molecule has 0 N–H and O–H groups in total. The van der Waals surface area contributed by atoms with Crippen molar-refractivity contribution < 1.29 is 19.1 Å². The van der Waals surface area contributed by atoms with Crippen molar-refractivity contribution in [3.05, 3.63) is 0 Å². The summed E-state index contributed by atoms with van der Waals surface area (Å²) in [5.41, 5.74) is -1.56. The van der Waals surface area contributed by atoms with Crippen LogP contribution in [0, 0.1) is 39.9 Å². The largest absolute Gasteiger partial charge is 0.458 e. The molecule has 114 valence electrons. The lowest BCUT2D eigenvalue weighted by molar-refractivity contribution is -0.171. The monoisotopic (exact) mass is 291 g/mol. The van der Waals surface area contributed by atoms with E-state index >= 15 is 0 Å². The van der Waals surface area contributed by atoms with E-state index in [1.54, 1.807) is 0 Å². The summed E-state index contributed by atoms with van der Waals surface area (Å²) in [4.78, 5) is 24.5. The second kappa shape index (κ2) is 4.22. The molecule has 6 unspecified atom stereocenters. The van der Waals surface area contributed by atoms with E-state index in [9.17, 15) is 14.9 Å². The predicted molar refractivity (Wildman–Crippen MR) is 72.6 cm³/mol. The van der Waals surface area contributed by atoms with Gasteiger partial charge in [0.15, 0.2) is 5.41 Å². The fourth-order valence-corrected chi connectivity index (χ4v) is 4.16. The number of ether oxygens (including phenoxy) is 2. The molecule has 21 heavy (non-hydrogen) atoms. The van der Waals surface area contributed by atoms with Gasteiger partial charge < -0.3 is 9.47 Å². The van der Waals surface area contributed by atoms with Gasteiger partial charge in [-0.3, -0.25) is 9.59 Å². The molecule has 0 aromatic carbocycles. The molecule has 5 heteroatoms. The summed E-state index contributed by atoms with van der Waals surface area (Å²) in [7, 11) is 0. The summed E-state index contributed by atoms with van der Waals surface area (Å²) in [5.74, 6) is -0.884. The van der Waals surface area contributed by atoms with Crippen molar-refractivity contribution in [1.82, 2.24) is 0 Å². The quantitative estimate of drug-likeness (QED) is 0.744. The van der Waals surface area contributed by atoms with Crippen LogP contribution in [0.25, 0.3) is 0 Å². The highest BCUT2D eigenvalue weighted by Crippen LogP contribution is 2.65. The fraction of sp³-hybridized carbons (Fsp3) is 0.812. The Balaban J connectivity index is 1.86. The van der Waals surface area contributed by atoms with E-state index in [0.29, 0.717) is 6.42 Å². The standard InChI is InChI=1S/C16H21NO4/c1-5-15(3,4)13(18)20-11-9-6-10-12(11)21-14(19)16(10,7-17)8(9)2/h8-12H,5-6H2,1-4H3. The number of carbonyl (C=O) groups excluding carboxylic acids is 2. The van der Waals surface area contributed by atoms with E-state index < -0.39 is 29.0 Å². The molecule has 6 atom stereocenters. The van der Waals surface area contributed by atoms with Crippen molar-refractivity contribution >= 4 is 11.9 Å². The summed E-state index contributed by atoms with van der Waals surface area (Å²) >= 11 is 0. The maximum Gasteiger partial charge on any atom is 0.327 e. The van der Waals surface area contributed by atoms with Crippen molar-refractivity contribution in [3.63, 3.8) is 0 Å². The van der Waals surface area contributed by atoms with Gasteiger partial charge >= 0.3 is 11.9 Å². The van der Waals surface area contributed by atoms with E-state index in [1.807, 2.05) is 27.7 Å². The first-order valence-corrected chi connectivity index (χ1v) is 7.63. The van der Waals surface area contributed by atoms with Gasteiger partial charge in [-0.05, 0) is 32.6 Å². The topological polar surface area (TPSA) is 76.4 Å². The zero-order valence-electron chi connectivity index (χ0n) is 12.9. The van der Waals surface area contributed by atoms with E-state index in [-0.39, 0.29) is 23.7 Å². The van der Waals surface area contributed by atoms with Crippen molar-refractivity contribution in [2.45, 2.75) is 52.7 Å². The van der Waals surface area contributed by atoms with Crippen molar-refractivity contribution in [2.75, 3.05) is 0 Å². The van der Waals surface area contributed by atoms with Crippen molar-refractivity contribution in [2.24, 2.45) is 28.6 Å². The molecule has 3 aliphatic rings. The summed E-state index contributed by atoms with van der Waals surface area (Å²) < 4.78 is 11.1. The Bertz CT molecular complexity index is 549. The van der Waals surface area contributed by atoms with Crippen LogP contribution in [-0.2, 0) is 19.1 Å². The molecule has 5 nitrogen and oxygen atoms in total. The van der Waals surface area contributed by atoms with E-state index in [1.165, 1.54) is 0 Å². The molecule has 3 rings (SSSR count). The summed E-state index contributed by atoms with van der Waals surface area (Å²) in [6.07, 6.45) is 0.593. The molecule has 1 saturated heterocycles. The van der Waals surface area contributed by atoms with Gasteiger partial charge in [0.2, 0.25) is 0 Å². The Morgan fingerprint density at radius 2 is 2.24 bits per heavy atom. The predicted octanol–water partition coefficient (Wildman–Crippen LogP) is 2.06. The van der Waals surface area contributed by atoms with Gasteiger partial charge in [-0.2, -0.15) is 5.26 Å². The molecule has 0 aromatic rings. The van der Waals surface area contributed by atoms with E-state index in [2.05, 4.69) is 6.07 Å². The molecule has 1 heterocycles. The minimum Gasteiger partial charge on any atom is -0.458 e. The average molecular weight is 291 g/mol. The maximum atomic E-state index is 12.3. The van der Waals surface area contributed by atoms with Gasteiger partial charge in [0.1, 0.15) is 12.2 Å². The van der Waals surface area contributed by atoms with Crippen LogP contribution in [0.2, 0.25) is 0 Å². The molecule has 1 aliphatic heterocycles. The summed E-state index contributed by atoms with van der Waals surface area (Å²) in [6.45, 7) is 7.56. The average Bonchev–Trinajstić information content (AvgIpc) is 3.01. The van der Waals surface area contributed by atoms with E-state index in [4.69, 9.17) is 9.47 Å². The zero-order chi connectivity index (χ0) is 15.6. The van der Waals surface area contributed by atoms with Crippen LogP contribution in [0.5, 0.6) is 0 Å². The highest BCUT2D eigenvalue weighted by molar-refractivity contribution is 5.85. The lowest BCUT2D eigenvalue weighted by Gasteiger charge is -2.34. The van der Waals surface area contributed by atoms with Crippen LogP contribution in [0.15, 0.2) is 0 Å². The van der Waals surface area contributed by atoms with Gasteiger partial charge in [-0.1, -0.05) is 13.8 Å². The number of rotatable bonds is 3. The number of hydrogen-bond donors (Lipinski definition) is 0. The first kappa shape index (κ1) is 14.4. The number of nitrogens with zero attached hydrogens (tertiary/aromatic N) is 1. The second-order valence-corrected chi connectivity index (χ2v) is 7.25. The van der Waals surface area contributed by atoms with Gasteiger partial charge in [0.05, 0.1) is 11.5 Å². The first-order chi connectivity index (χ1) is 9.79.